The zero-order valence-electron chi connectivity index (χ0n) is 12.0. The fourth-order valence-electron chi connectivity index (χ4n) is 2.46. The molecule has 0 saturated carbocycles. The van der Waals surface area contributed by atoms with Crippen molar-refractivity contribution in [2.45, 2.75) is 19.4 Å². The van der Waals surface area contributed by atoms with Gasteiger partial charge in [0.1, 0.15) is 0 Å². The summed E-state index contributed by atoms with van der Waals surface area (Å²) in [4.78, 5) is 16.6. The number of para-hydroxylation sites is 1. The van der Waals surface area contributed by atoms with Crippen LogP contribution >= 0.6 is 11.3 Å². The number of hydrogen-bond donors (Lipinski definition) is 2. The van der Waals surface area contributed by atoms with E-state index in [-0.39, 0.29) is 12.5 Å². The third-order valence-electron chi connectivity index (χ3n) is 3.49. The highest BCUT2D eigenvalue weighted by atomic mass is 32.1. The summed E-state index contributed by atoms with van der Waals surface area (Å²) in [6.07, 6.45) is 5.18. The number of benzene rings is 1. The minimum Gasteiger partial charge on any atom is -0.396 e. The van der Waals surface area contributed by atoms with Crippen LogP contribution in [0.25, 0.3) is 10.9 Å². The molecule has 1 aromatic carbocycles. The number of carbonyl (C=O) groups excluding carboxylic acids is 1. The van der Waals surface area contributed by atoms with Gasteiger partial charge in [-0.15, -0.1) is 11.3 Å². The monoisotopic (exact) mass is 315 g/mol. The van der Waals surface area contributed by atoms with Crippen LogP contribution in [0.4, 0.5) is 5.13 Å². The number of amides is 1. The second kappa shape index (κ2) is 6.72. The van der Waals surface area contributed by atoms with Crippen LogP contribution in [0.15, 0.2) is 42.0 Å². The third kappa shape index (κ3) is 3.03. The van der Waals surface area contributed by atoms with Crippen molar-refractivity contribution in [3.8, 4) is 0 Å². The molecule has 1 amide bonds. The quantitative estimate of drug-likeness (QED) is 0.687. The predicted molar refractivity (Wildman–Crippen MR) is 88.3 cm³/mol. The van der Waals surface area contributed by atoms with Gasteiger partial charge in [-0.3, -0.25) is 10.1 Å². The van der Waals surface area contributed by atoms with E-state index in [1.807, 2.05) is 35.8 Å². The predicted octanol–water partition coefficient (Wildman–Crippen LogP) is 3.12. The zero-order chi connectivity index (χ0) is 15.4. The fourth-order valence-corrected chi connectivity index (χ4v) is 2.98. The number of hydrogen-bond acceptors (Lipinski definition) is 4. The molecular weight excluding hydrogens is 298 g/mol. The van der Waals surface area contributed by atoms with E-state index >= 15 is 0 Å². The van der Waals surface area contributed by atoms with Gasteiger partial charge in [-0.2, -0.15) is 0 Å². The van der Waals surface area contributed by atoms with Crippen molar-refractivity contribution in [3.63, 3.8) is 0 Å². The third-order valence-corrected chi connectivity index (χ3v) is 4.18. The SMILES string of the molecule is O=C(Nc1nccs1)c1cn(CCCCO)c2ccccc12. The number of fused-ring (bicyclic) bond motifs is 1. The normalized spacial score (nSPS) is 11.0. The second-order valence-corrected chi connectivity index (χ2v) is 5.87. The molecule has 0 radical (unpaired) electrons. The Labute approximate surface area is 132 Å². The molecule has 114 valence electrons. The van der Waals surface area contributed by atoms with E-state index in [9.17, 15) is 4.79 Å². The Morgan fingerprint density at radius 3 is 2.95 bits per heavy atom. The summed E-state index contributed by atoms with van der Waals surface area (Å²) >= 11 is 1.40. The lowest BCUT2D eigenvalue weighted by Crippen LogP contribution is -2.11. The maximum atomic E-state index is 12.5. The average Bonchev–Trinajstić information content (AvgIpc) is 3.16. The van der Waals surface area contributed by atoms with Gasteiger partial charge in [-0.1, -0.05) is 18.2 Å². The van der Waals surface area contributed by atoms with Crippen molar-refractivity contribution in [1.29, 1.82) is 0 Å². The first-order valence-corrected chi connectivity index (χ1v) is 8.07. The number of nitrogens with one attached hydrogen (secondary N) is 1. The Morgan fingerprint density at radius 2 is 2.18 bits per heavy atom. The van der Waals surface area contributed by atoms with E-state index < -0.39 is 0 Å². The van der Waals surface area contributed by atoms with Gasteiger partial charge in [0.2, 0.25) is 0 Å². The van der Waals surface area contributed by atoms with Crippen LogP contribution in [-0.2, 0) is 6.54 Å². The topological polar surface area (TPSA) is 67.2 Å². The summed E-state index contributed by atoms with van der Waals surface area (Å²) in [5.74, 6) is -0.146. The molecule has 0 aliphatic carbocycles. The van der Waals surface area contributed by atoms with Crippen LogP contribution in [0.1, 0.15) is 23.2 Å². The highest BCUT2D eigenvalue weighted by Gasteiger charge is 2.15. The number of aliphatic hydroxyl groups excluding tert-OH is 1. The van der Waals surface area contributed by atoms with E-state index in [0.29, 0.717) is 10.7 Å². The molecule has 2 heterocycles. The minimum atomic E-state index is -0.146. The van der Waals surface area contributed by atoms with Crippen molar-refractivity contribution in [2.24, 2.45) is 0 Å². The van der Waals surface area contributed by atoms with E-state index in [0.717, 1.165) is 30.3 Å². The summed E-state index contributed by atoms with van der Waals surface area (Å²) in [5, 5.41) is 15.1. The average molecular weight is 315 g/mol. The Morgan fingerprint density at radius 1 is 1.32 bits per heavy atom. The Kier molecular flexibility index (Phi) is 4.50. The molecule has 0 saturated heterocycles. The lowest BCUT2D eigenvalue weighted by molar-refractivity contribution is 0.102. The molecule has 0 aliphatic rings. The molecule has 0 bridgehead atoms. The van der Waals surface area contributed by atoms with Crippen LogP contribution in [0, 0.1) is 0 Å². The summed E-state index contributed by atoms with van der Waals surface area (Å²) in [6, 6.07) is 7.86. The molecule has 0 atom stereocenters. The standard InChI is InChI=1S/C16H17N3O2S/c20-9-4-3-8-19-11-13(12-5-1-2-6-14(12)19)15(21)18-16-17-7-10-22-16/h1-2,5-7,10-11,20H,3-4,8-9H2,(H,17,18,21). The molecule has 0 aliphatic heterocycles. The number of anilines is 1. The number of nitrogens with zero attached hydrogens (tertiary/aromatic N) is 2. The van der Waals surface area contributed by atoms with Gasteiger partial charge in [0.25, 0.3) is 5.91 Å². The Hall–Kier alpha value is -2.18. The van der Waals surface area contributed by atoms with Gasteiger partial charge in [0, 0.05) is 41.8 Å². The molecule has 5 nitrogen and oxygen atoms in total. The summed E-state index contributed by atoms with van der Waals surface area (Å²) in [6.45, 7) is 0.974. The van der Waals surface area contributed by atoms with Crippen molar-refractivity contribution in [3.05, 3.63) is 47.6 Å². The minimum absolute atomic E-state index is 0.146. The van der Waals surface area contributed by atoms with E-state index in [1.54, 1.807) is 6.20 Å². The summed E-state index contributed by atoms with van der Waals surface area (Å²) < 4.78 is 2.07. The first kappa shape index (κ1) is 14.7. The highest BCUT2D eigenvalue weighted by molar-refractivity contribution is 7.13. The number of carbonyl (C=O) groups is 1. The smallest absolute Gasteiger partial charge is 0.259 e. The maximum absolute atomic E-state index is 12.5. The summed E-state index contributed by atoms with van der Waals surface area (Å²) in [5.41, 5.74) is 1.68. The number of thiazole rings is 1. The fraction of sp³-hybridized carbons (Fsp3) is 0.250. The van der Waals surface area contributed by atoms with Gasteiger partial charge < -0.3 is 9.67 Å². The van der Waals surface area contributed by atoms with Crippen LogP contribution < -0.4 is 5.32 Å². The van der Waals surface area contributed by atoms with Crippen LogP contribution in [0.5, 0.6) is 0 Å². The van der Waals surface area contributed by atoms with Crippen LogP contribution in [0.3, 0.4) is 0 Å². The van der Waals surface area contributed by atoms with Gasteiger partial charge in [0.15, 0.2) is 5.13 Å². The largest absolute Gasteiger partial charge is 0.396 e. The molecular formula is C16H17N3O2S. The molecule has 3 aromatic rings. The van der Waals surface area contributed by atoms with E-state index in [2.05, 4.69) is 14.9 Å². The lowest BCUT2D eigenvalue weighted by Gasteiger charge is -2.03. The zero-order valence-corrected chi connectivity index (χ0v) is 12.8. The van der Waals surface area contributed by atoms with Crippen LogP contribution in [-0.4, -0.2) is 27.2 Å². The number of rotatable bonds is 6. The summed E-state index contributed by atoms with van der Waals surface area (Å²) in [7, 11) is 0. The molecule has 0 spiro atoms. The van der Waals surface area contributed by atoms with Crippen molar-refractivity contribution in [1.82, 2.24) is 9.55 Å². The number of aryl methyl sites for hydroxylation is 1. The van der Waals surface area contributed by atoms with Crippen molar-refractivity contribution < 1.29 is 9.90 Å². The maximum Gasteiger partial charge on any atom is 0.259 e. The first-order chi connectivity index (χ1) is 10.8. The van der Waals surface area contributed by atoms with Gasteiger partial charge >= 0.3 is 0 Å². The number of unbranched alkanes of at least 4 members (excludes halogenated alkanes) is 1. The van der Waals surface area contributed by atoms with Crippen molar-refractivity contribution in [2.75, 3.05) is 11.9 Å². The Bertz CT molecular complexity index is 765. The van der Waals surface area contributed by atoms with E-state index in [4.69, 9.17) is 5.11 Å². The van der Waals surface area contributed by atoms with Gasteiger partial charge in [-0.25, -0.2) is 4.98 Å². The highest BCUT2D eigenvalue weighted by Crippen LogP contribution is 2.23. The molecule has 0 fully saturated rings. The van der Waals surface area contributed by atoms with Crippen LogP contribution in [0.2, 0.25) is 0 Å². The van der Waals surface area contributed by atoms with Crippen molar-refractivity contribution >= 4 is 33.3 Å². The molecule has 3 rings (SSSR count). The first-order valence-electron chi connectivity index (χ1n) is 7.19. The lowest BCUT2D eigenvalue weighted by atomic mass is 10.1. The molecule has 2 aromatic heterocycles. The number of aromatic nitrogens is 2. The molecule has 2 N–H and O–H groups in total. The Balaban J connectivity index is 1.90. The molecule has 6 heteroatoms. The number of aliphatic hydroxyl groups is 1. The second-order valence-electron chi connectivity index (χ2n) is 4.98. The van der Waals surface area contributed by atoms with Gasteiger partial charge in [0.05, 0.1) is 5.56 Å². The molecule has 22 heavy (non-hydrogen) atoms. The molecule has 0 unspecified atom stereocenters. The van der Waals surface area contributed by atoms with Gasteiger partial charge in [-0.05, 0) is 18.9 Å². The van der Waals surface area contributed by atoms with E-state index in [1.165, 1.54) is 11.3 Å².